The number of rotatable bonds is 5. The van der Waals surface area contributed by atoms with Gasteiger partial charge in [0.05, 0.1) is 6.10 Å². The summed E-state index contributed by atoms with van der Waals surface area (Å²) in [5.41, 5.74) is 0.279. The molecule has 0 saturated heterocycles. The van der Waals surface area contributed by atoms with Crippen molar-refractivity contribution in [3.8, 4) is 0 Å². The average molecular weight is 343 g/mol. The molecule has 0 radical (unpaired) electrons. The van der Waals surface area contributed by atoms with Crippen LogP contribution in [0.2, 0.25) is 0 Å². The summed E-state index contributed by atoms with van der Waals surface area (Å²) in [4.78, 5) is 0. The predicted molar refractivity (Wildman–Crippen MR) is 94.0 cm³/mol. The summed E-state index contributed by atoms with van der Waals surface area (Å²) in [7, 11) is 0. The third kappa shape index (κ3) is 3.15. The van der Waals surface area contributed by atoms with E-state index in [1.54, 1.807) is 0 Å². The topological polar surface area (TPSA) is 20.2 Å². The third-order valence-corrected chi connectivity index (χ3v) is 8.28. The van der Waals surface area contributed by atoms with Crippen molar-refractivity contribution in [1.29, 1.82) is 0 Å². The molecule has 3 aliphatic rings. The highest BCUT2D eigenvalue weighted by Crippen LogP contribution is 2.64. The van der Waals surface area contributed by atoms with E-state index in [-0.39, 0.29) is 23.9 Å². The highest BCUT2D eigenvalue weighted by molar-refractivity contribution is 5.06. The predicted octanol–water partition coefficient (Wildman–Crippen LogP) is 5.91. The maximum absolute atomic E-state index is 13.0. The van der Waals surface area contributed by atoms with Gasteiger partial charge in [0.1, 0.15) is 0 Å². The van der Waals surface area contributed by atoms with Gasteiger partial charge in [-0.15, -0.1) is 0 Å². The highest BCUT2D eigenvalue weighted by atomic mass is 19.3. The number of hydrogen-bond acceptors (Lipinski definition) is 1. The molecule has 24 heavy (non-hydrogen) atoms. The molecule has 8 atom stereocenters. The maximum atomic E-state index is 13.0. The minimum atomic E-state index is -2.15. The van der Waals surface area contributed by atoms with Gasteiger partial charge in [-0.1, -0.05) is 26.7 Å². The van der Waals surface area contributed by atoms with Crippen molar-refractivity contribution in [2.24, 2.45) is 40.9 Å². The first-order valence-electron chi connectivity index (χ1n) is 10.3. The van der Waals surface area contributed by atoms with Gasteiger partial charge in [0.2, 0.25) is 6.43 Å². The average Bonchev–Trinajstić information content (AvgIpc) is 2.86. The van der Waals surface area contributed by atoms with E-state index in [0.717, 1.165) is 38.0 Å². The van der Waals surface area contributed by atoms with Crippen molar-refractivity contribution < 1.29 is 13.9 Å². The molecular weight excluding hydrogens is 306 g/mol. The molecule has 1 nitrogen and oxygen atoms in total. The van der Waals surface area contributed by atoms with Crippen LogP contribution in [0.1, 0.15) is 78.6 Å². The summed E-state index contributed by atoms with van der Waals surface area (Å²) < 4.78 is 26.1. The first-order chi connectivity index (χ1) is 11.4. The van der Waals surface area contributed by atoms with E-state index < -0.39 is 6.43 Å². The minimum Gasteiger partial charge on any atom is -0.393 e. The van der Waals surface area contributed by atoms with Crippen molar-refractivity contribution in [2.75, 3.05) is 0 Å². The molecule has 3 fully saturated rings. The number of halogens is 2. The number of hydrogen-bond donors (Lipinski definition) is 1. The summed E-state index contributed by atoms with van der Waals surface area (Å²) in [5, 5.41) is 10.2. The molecule has 0 aliphatic heterocycles. The van der Waals surface area contributed by atoms with Crippen LogP contribution in [0, 0.1) is 40.9 Å². The van der Waals surface area contributed by atoms with E-state index in [9.17, 15) is 13.9 Å². The minimum absolute atomic E-state index is 0.117. The zero-order valence-electron chi connectivity index (χ0n) is 15.7. The van der Waals surface area contributed by atoms with Crippen LogP contribution in [0.3, 0.4) is 0 Å². The fourth-order valence-corrected chi connectivity index (χ4v) is 7.37. The number of aliphatic hydroxyl groups is 1. The molecule has 0 amide bonds. The first-order valence-corrected chi connectivity index (χ1v) is 10.3. The van der Waals surface area contributed by atoms with Crippen LogP contribution in [-0.4, -0.2) is 17.6 Å². The summed E-state index contributed by atoms with van der Waals surface area (Å²) in [6.07, 6.45) is 6.94. The Balaban J connectivity index is 1.79. The van der Waals surface area contributed by atoms with Crippen molar-refractivity contribution >= 4 is 0 Å². The van der Waals surface area contributed by atoms with E-state index in [4.69, 9.17) is 0 Å². The molecule has 3 aliphatic carbocycles. The molecule has 8 unspecified atom stereocenters. The Kier molecular flexibility index (Phi) is 5.59. The Morgan fingerprint density at radius 2 is 1.83 bits per heavy atom. The maximum Gasteiger partial charge on any atom is 0.238 e. The van der Waals surface area contributed by atoms with Crippen molar-refractivity contribution in [2.45, 2.75) is 91.1 Å². The fraction of sp³-hybridized carbons (Fsp3) is 1.00. The molecule has 0 aromatic carbocycles. The first kappa shape index (κ1) is 18.6. The van der Waals surface area contributed by atoms with Crippen molar-refractivity contribution in [3.63, 3.8) is 0 Å². The molecule has 0 aromatic heterocycles. The van der Waals surface area contributed by atoms with Gasteiger partial charge in [0.25, 0.3) is 0 Å². The Hall–Kier alpha value is -0.180. The van der Waals surface area contributed by atoms with Gasteiger partial charge in [0.15, 0.2) is 0 Å². The largest absolute Gasteiger partial charge is 0.393 e. The number of alkyl halides is 2. The molecule has 140 valence electrons. The SMILES string of the molecule is CCCC1C(CC(F)F)CCC2C1CCC1(C)C(C(C)O)CCC21. The summed E-state index contributed by atoms with van der Waals surface area (Å²) in [6.45, 7) is 6.58. The second-order valence-corrected chi connectivity index (χ2v) is 9.32. The Bertz CT molecular complexity index is 424. The van der Waals surface area contributed by atoms with Gasteiger partial charge >= 0.3 is 0 Å². The molecule has 3 rings (SSSR count). The lowest BCUT2D eigenvalue weighted by Crippen LogP contribution is -2.48. The van der Waals surface area contributed by atoms with Gasteiger partial charge in [-0.3, -0.25) is 0 Å². The molecule has 0 aromatic rings. The van der Waals surface area contributed by atoms with Crippen LogP contribution in [0.25, 0.3) is 0 Å². The van der Waals surface area contributed by atoms with Crippen LogP contribution < -0.4 is 0 Å². The molecule has 0 spiro atoms. The second-order valence-electron chi connectivity index (χ2n) is 9.32. The molecule has 3 heteroatoms. The zero-order chi connectivity index (χ0) is 17.5. The molecular formula is C21H36F2O. The molecule has 0 heterocycles. The molecule has 1 N–H and O–H groups in total. The van der Waals surface area contributed by atoms with Gasteiger partial charge < -0.3 is 5.11 Å². The van der Waals surface area contributed by atoms with Gasteiger partial charge in [-0.25, -0.2) is 8.78 Å². The van der Waals surface area contributed by atoms with E-state index in [1.807, 2.05) is 6.92 Å². The van der Waals surface area contributed by atoms with E-state index >= 15 is 0 Å². The van der Waals surface area contributed by atoms with E-state index in [1.165, 1.54) is 19.3 Å². The monoisotopic (exact) mass is 342 g/mol. The van der Waals surface area contributed by atoms with Crippen LogP contribution in [-0.2, 0) is 0 Å². The van der Waals surface area contributed by atoms with Crippen molar-refractivity contribution in [3.05, 3.63) is 0 Å². The smallest absolute Gasteiger partial charge is 0.238 e. The van der Waals surface area contributed by atoms with E-state index in [2.05, 4.69) is 13.8 Å². The lowest BCUT2D eigenvalue weighted by Gasteiger charge is -2.55. The second kappa shape index (κ2) is 7.21. The van der Waals surface area contributed by atoms with E-state index in [0.29, 0.717) is 23.7 Å². The summed E-state index contributed by atoms with van der Waals surface area (Å²) >= 11 is 0. The zero-order valence-corrected chi connectivity index (χ0v) is 15.7. The van der Waals surface area contributed by atoms with Gasteiger partial charge in [0, 0.05) is 6.42 Å². The van der Waals surface area contributed by atoms with Crippen LogP contribution in [0.5, 0.6) is 0 Å². The van der Waals surface area contributed by atoms with Gasteiger partial charge in [-0.2, -0.15) is 0 Å². The summed E-state index contributed by atoms with van der Waals surface area (Å²) in [5.74, 6) is 3.28. The fourth-order valence-electron chi connectivity index (χ4n) is 7.37. The van der Waals surface area contributed by atoms with Crippen LogP contribution in [0.4, 0.5) is 8.78 Å². The van der Waals surface area contributed by atoms with Crippen LogP contribution in [0.15, 0.2) is 0 Å². The molecule has 3 saturated carbocycles. The normalized spacial score (nSPS) is 46.6. The van der Waals surface area contributed by atoms with Crippen LogP contribution >= 0.6 is 0 Å². The Morgan fingerprint density at radius 3 is 2.46 bits per heavy atom. The Labute approximate surface area is 146 Å². The quantitative estimate of drug-likeness (QED) is 0.659. The third-order valence-electron chi connectivity index (χ3n) is 8.28. The lowest BCUT2D eigenvalue weighted by atomic mass is 9.50. The number of fused-ring (bicyclic) bond motifs is 3. The molecule has 0 bridgehead atoms. The van der Waals surface area contributed by atoms with Crippen molar-refractivity contribution in [1.82, 2.24) is 0 Å². The summed E-state index contributed by atoms with van der Waals surface area (Å²) in [6, 6.07) is 0. The van der Waals surface area contributed by atoms with Gasteiger partial charge in [-0.05, 0) is 86.4 Å². The Morgan fingerprint density at radius 1 is 1.08 bits per heavy atom. The highest BCUT2D eigenvalue weighted by Gasteiger charge is 2.57. The lowest BCUT2D eigenvalue weighted by molar-refractivity contribution is -0.0783. The standard InChI is InChI=1S/C21H36F2O/c1-4-5-15-14(12-20(22)23)6-7-17-16(15)10-11-21(3)18(13(2)24)8-9-19(17)21/h13-20,24H,4-12H2,1-3H3. The number of aliphatic hydroxyl groups excluding tert-OH is 1.